The van der Waals surface area contributed by atoms with E-state index in [2.05, 4.69) is 81.5 Å². The van der Waals surface area contributed by atoms with E-state index >= 15 is 0 Å². The minimum atomic E-state index is -2.36. The molecule has 0 unspecified atom stereocenters. The van der Waals surface area contributed by atoms with E-state index < -0.39 is 20.3 Å². The molecule has 0 spiro atoms. The second-order valence-electron chi connectivity index (χ2n) is 9.01. The minimum absolute atomic E-state index is 0. The van der Waals surface area contributed by atoms with Crippen LogP contribution in [0.15, 0.2) is 69.5 Å². The molecule has 2 aromatic carbocycles. The number of rotatable bonds is 2. The molecule has 27 heavy (non-hydrogen) atoms. The van der Waals surface area contributed by atoms with Crippen molar-refractivity contribution in [1.29, 1.82) is 0 Å². The van der Waals surface area contributed by atoms with Crippen molar-refractivity contribution in [2.45, 2.75) is 39.1 Å². The van der Waals surface area contributed by atoms with Gasteiger partial charge in [-0.25, -0.2) is 0 Å². The molecule has 0 aromatic heterocycles. The van der Waals surface area contributed by atoms with Gasteiger partial charge in [-0.05, 0) is 0 Å². The third-order valence-corrected chi connectivity index (χ3v) is 18.8. The van der Waals surface area contributed by atoms with E-state index in [-0.39, 0.29) is 30.2 Å². The molecule has 0 N–H and O–H groups in total. The average Bonchev–Trinajstić information content (AvgIpc) is 3.09. The Morgan fingerprint density at radius 2 is 1.33 bits per heavy atom. The van der Waals surface area contributed by atoms with E-state index in [1.54, 1.807) is 25.0 Å². The van der Waals surface area contributed by atoms with Crippen LogP contribution in [0.25, 0.3) is 11.1 Å². The minimum Gasteiger partial charge on any atom is -1.00 e. The van der Waals surface area contributed by atoms with Crippen molar-refractivity contribution in [2.75, 3.05) is 0 Å². The van der Waals surface area contributed by atoms with Gasteiger partial charge in [-0.15, -0.1) is 0 Å². The maximum atomic E-state index is 2.46. The number of benzene rings is 2. The molecule has 0 radical (unpaired) electrons. The Morgan fingerprint density at radius 1 is 0.815 bits per heavy atom. The van der Waals surface area contributed by atoms with Gasteiger partial charge in [0.15, 0.2) is 0 Å². The summed E-state index contributed by atoms with van der Waals surface area (Å²) in [7, 11) is 0. The third kappa shape index (κ3) is 3.15. The van der Waals surface area contributed by atoms with Gasteiger partial charge in [-0.2, -0.15) is 0 Å². The van der Waals surface area contributed by atoms with Gasteiger partial charge in [0, 0.05) is 0 Å². The molecule has 3 heteroatoms. The fourth-order valence-electron chi connectivity index (χ4n) is 5.33. The van der Waals surface area contributed by atoms with Crippen LogP contribution in [-0.2, 0) is 20.3 Å². The summed E-state index contributed by atoms with van der Waals surface area (Å²) in [5, 5.41) is 0. The molecule has 1 aliphatic heterocycles. The van der Waals surface area contributed by atoms with Crippen LogP contribution in [0.2, 0.25) is 8.26 Å². The maximum Gasteiger partial charge on any atom is -1.00 e. The first-order chi connectivity index (χ1) is 12.0. The molecule has 0 amide bonds. The molecule has 0 atom stereocenters. The second kappa shape index (κ2) is 7.33. The standard InChI is InChI=1S/C13H9.C9H13.C2H4.2ClH.Zr/c1-3-7-12-10(5-1)9-11-6-2-4-8-13(11)12;1-9(2,3)8-6-4-5-7-8;1-2;;;/h1-9H;4,6H,5H2,1-3H3;1-2H2;2*1H;/q;;;;;+2/p-2. The van der Waals surface area contributed by atoms with Crippen molar-refractivity contribution in [3.8, 4) is 11.1 Å². The summed E-state index contributed by atoms with van der Waals surface area (Å²) in [4.78, 5) is 0. The van der Waals surface area contributed by atoms with Crippen LogP contribution in [-0.4, -0.2) is 0 Å². The Hall–Kier alpha value is -0.617. The van der Waals surface area contributed by atoms with Gasteiger partial charge in [0.25, 0.3) is 0 Å². The van der Waals surface area contributed by atoms with Crippen LogP contribution in [0, 0.1) is 5.41 Å². The first-order valence-electron chi connectivity index (χ1n) is 9.61. The summed E-state index contributed by atoms with van der Waals surface area (Å²) >= 11 is -2.36. The van der Waals surface area contributed by atoms with Crippen LogP contribution >= 0.6 is 0 Å². The van der Waals surface area contributed by atoms with Gasteiger partial charge in [-0.1, -0.05) is 0 Å². The number of fused-ring (bicyclic) bond motifs is 3. The van der Waals surface area contributed by atoms with Crippen molar-refractivity contribution in [3.05, 3.63) is 80.7 Å². The Kier molecular flexibility index (Phi) is 5.73. The Labute approximate surface area is 180 Å². The van der Waals surface area contributed by atoms with Crippen LogP contribution in [0.4, 0.5) is 0 Å². The Balaban J connectivity index is 0.00000105. The molecule has 1 saturated heterocycles. The van der Waals surface area contributed by atoms with E-state index in [1.165, 1.54) is 17.5 Å². The third-order valence-electron chi connectivity index (χ3n) is 6.52. The number of halogens is 2. The van der Waals surface area contributed by atoms with Gasteiger partial charge in [0.1, 0.15) is 0 Å². The molecule has 140 valence electrons. The first-order valence-corrected chi connectivity index (χ1v) is 15.7. The molecule has 2 aromatic rings. The molecular formula is C24H26Cl2Zr. The normalized spacial score (nSPS) is 18.0. The average molecular weight is 477 g/mol. The van der Waals surface area contributed by atoms with Gasteiger partial charge in [-0.3, -0.25) is 0 Å². The van der Waals surface area contributed by atoms with Crippen molar-refractivity contribution in [1.82, 2.24) is 0 Å². The molecule has 1 heterocycles. The summed E-state index contributed by atoms with van der Waals surface area (Å²) in [6.07, 6.45) is 6.14. The first kappa shape index (κ1) is 21.1. The van der Waals surface area contributed by atoms with E-state index in [1.807, 2.05) is 3.28 Å². The molecule has 1 fully saturated rings. The zero-order chi connectivity index (χ0) is 17.2. The zero-order valence-electron chi connectivity index (χ0n) is 16.2. The van der Waals surface area contributed by atoms with E-state index in [0.29, 0.717) is 0 Å². The maximum absolute atomic E-state index is 2.46. The smallest absolute Gasteiger partial charge is 1.00 e. The molecule has 2 aliphatic carbocycles. The van der Waals surface area contributed by atoms with E-state index in [4.69, 9.17) is 0 Å². The van der Waals surface area contributed by atoms with Gasteiger partial charge in [0.2, 0.25) is 0 Å². The summed E-state index contributed by atoms with van der Waals surface area (Å²) < 4.78 is 5.75. The van der Waals surface area contributed by atoms with Crippen molar-refractivity contribution >= 4 is 0 Å². The SMILES string of the molecule is CC(C)(C)C1=[C]([Zr+2]2([CH]3c4ccccc4-c4ccccc43)[CH2][CH2]2)CC=C1.[Cl-].[Cl-]. The molecule has 5 rings (SSSR count). The number of allylic oxidation sites excluding steroid dienone is 4. The zero-order valence-corrected chi connectivity index (χ0v) is 20.2. The predicted molar refractivity (Wildman–Crippen MR) is 104 cm³/mol. The van der Waals surface area contributed by atoms with Crippen LogP contribution in [0.1, 0.15) is 41.9 Å². The molecule has 0 saturated carbocycles. The fraction of sp³-hybridized carbons (Fsp3) is 0.333. The number of hydrogen-bond donors (Lipinski definition) is 0. The van der Waals surface area contributed by atoms with Crippen molar-refractivity contribution in [3.63, 3.8) is 0 Å². The number of hydrogen-bond acceptors (Lipinski definition) is 0. The van der Waals surface area contributed by atoms with Crippen molar-refractivity contribution < 1.29 is 45.1 Å². The predicted octanol–water partition coefficient (Wildman–Crippen LogP) is 1.03. The molecule has 0 bridgehead atoms. The summed E-state index contributed by atoms with van der Waals surface area (Å²) in [5.41, 5.74) is 8.27. The molecule has 0 nitrogen and oxygen atoms in total. The van der Waals surface area contributed by atoms with Crippen LogP contribution < -0.4 is 24.8 Å². The van der Waals surface area contributed by atoms with Crippen LogP contribution in [0.5, 0.6) is 0 Å². The van der Waals surface area contributed by atoms with Crippen molar-refractivity contribution in [2.24, 2.45) is 5.41 Å². The molecule has 3 aliphatic rings. The van der Waals surface area contributed by atoms with Crippen LogP contribution in [0.3, 0.4) is 0 Å². The largest absolute Gasteiger partial charge is 1.00 e. The fourth-order valence-corrected chi connectivity index (χ4v) is 21.6. The monoisotopic (exact) mass is 474 g/mol. The quantitative estimate of drug-likeness (QED) is 0.608. The van der Waals surface area contributed by atoms with Gasteiger partial charge < -0.3 is 24.8 Å². The summed E-state index contributed by atoms with van der Waals surface area (Å²) in [6, 6.07) is 18.5. The van der Waals surface area contributed by atoms with E-state index in [9.17, 15) is 0 Å². The second-order valence-corrected chi connectivity index (χ2v) is 20.1. The molecular weight excluding hydrogens is 450 g/mol. The van der Waals surface area contributed by atoms with E-state index in [0.717, 1.165) is 3.63 Å². The van der Waals surface area contributed by atoms with Gasteiger partial charge >= 0.3 is 157 Å². The summed E-state index contributed by atoms with van der Waals surface area (Å²) in [6.45, 7) is 7.20. The topological polar surface area (TPSA) is 0 Å². The summed E-state index contributed by atoms with van der Waals surface area (Å²) in [5.74, 6) is 0. The Bertz CT molecular complexity index is 884. The Morgan fingerprint density at radius 3 is 1.81 bits per heavy atom. The van der Waals surface area contributed by atoms with Gasteiger partial charge in [0.05, 0.1) is 0 Å².